The Morgan fingerprint density at radius 2 is 2.25 bits per heavy atom. The summed E-state index contributed by atoms with van der Waals surface area (Å²) < 4.78 is 1.47. The maximum absolute atomic E-state index is 3.01. The molecule has 0 aliphatic rings. The van der Waals surface area contributed by atoms with Crippen LogP contribution in [0.3, 0.4) is 0 Å². The van der Waals surface area contributed by atoms with Gasteiger partial charge in [0, 0.05) is 0 Å². The van der Waals surface area contributed by atoms with E-state index in [1.165, 1.54) is 14.7 Å². The summed E-state index contributed by atoms with van der Waals surface area (Å²) in [5.41, 5.74) is 0. The van der Waals surface area contributed by atoms with Crippen molar-refractivity contribution in [2.75, 3.05) is 0 Å². The molecule has 0 radical (unpaired) electrons. The van der Waals surface area contributed by atoms with Crippen LogP contribution in [0, 0.1) is 5.38 Å². The molecule has 0 aliphatic heterocycles. The quantitative estimate of drug-likeness (QED) is 0.309. The Labute approximate surface area is 83.0 Å². The minimum atomic E-state index is 0. The second-order valence-electron chi connectivity index (χ2n) is 1.16. The first kappa shape index (κ1) is 11.9. The van der Waals surface area contributed by atoms with E-state index in [0.29, 0.717) is 0 Å². The summed E-state index contributed by atoms with van der Waals surface area (Å²) in [4.78, 5) is 0. The van der Waals surface area contributed by atoms with Crippen LogP contribution in [0.15, 0.2) is 12.1 Å². The molecule has 1 aromatic rings. The van der Waals surface area contributed by atoms with Crippen LogP contribution in [0.4, 0.5) is 0 Å². The van der Waals surface area contributed by atoms with Crippen LogP contribution in [0.5, 0.6) is 0 Å². The van der Waals surface area contributed by atoms with Gasteiger partial charge >= 0.3 is 23.1 Å². The van der Waals surface area contributed by atoms with Crippen molar-refractivity contribution in [3.05, 3.63) is 17.5 Å². The molecule has 1 heterocycles. The number of thiophene rings is 1. The minimum absolute atomic E-state index is 0. The van der Waals surface area contributed by atoms with Gasteiger partial charge in [-0.2, -0.15) is 10.6 Å². The van der Waals surface area contributed by atoms with Crippen LogP contribution in [0.2, 0.25) is 0 Å². The molecule has 0 unspecified atom stereocenters. The standard InChI is InChI=1S/C4H5SSi.BrH.Mg/c6-4-2-1-3-5-4;;/h1-2H,6H3;1H;/q-1;;+2/p-1. The minimum Gasteiger partial charge on any atom is -1.00 e. The summed E-state index contributed by atoms with van der Waals surface area (Å²) in [5.74, 6) is 0. The molecule has 8 heavy (non-hydrogen) atoms. The van der Waals surface area contributed by atoms with Crippen molar-refractivity contribution in [1.82, 2.24) is 0 Å². The fourth-order valence-corrected chi connectivity index (χ4v) is 1.29. The molecule has 0 aromatic carbocycles. The molecular formula is C4H5BrMgSSi. The molecule has 0 bridgehead atoms. The third kappa shape index (κ3) is 4.08. The zero-order chi connectivity index (χ0) is 4.41. The first-order valence-corrected chi connectivity index (χ1v) is 3.64. The van der Waals surface area contributed by atoms with Gasteiger partial charge in [0.25, 0.3) is 0 Å². The summed E-state index contributed by atoms with van der Waals surface area (Å²) in [5, 5.41) is 3.01. The Morgan fingerprint density at radius 1 is 1.62 bits per heavy atom. The van der Waals surface area contributed by atoms with Gasteiger partial charge in [-0.15, -0.1) is 5.38 Å². The normalized spacial score (nSPS) is 7.00. The van der Waals surface area contributed by atoms with Gasteiger partial charge in [-0.3, -0.25) is 0 Å². The average Bonchev–Trinajstić information content (AvgIpc) is 1.86. The summed E-state index contributed by atoms with van der Waals surface area (Å²) in [6, 6.07) is 4.07. The molecule has 0 atom stereocenters. The van der Waals surface area contributed by atoms with Crippen LogP contribution in [-0.4, -0.2) is 33.3 Å². The van der Waals surface area contributed by atoms with Crippen LogP contribution < -0.4 is 21.5 Å². The molecule has 0 amide bonds. The first-order chi connectivity index (χ1) is 2.89. The number of hydrogen-bond acceptors (Lipinski definition) is 1. The van der Waals surface area contributed by atoms with E-state index in [1.807, 2.05) is 6.07 Å². The second kappa shape index (κ2) is 6.29. The van der Waals surface area contributed by atoms with E-state index in [2.05, 4.69) is 11.4 Å². The van der Waals surface area contributed by atoms with Gasteiger partial charge in [-0.05, 0) is 10.2 Å². The molecule has 0 saturated carbocycles. The third-order valence-electron chi connectivity index (χ3n) is 0.606. The molecule has 0 N–H and O–H groups in total. The maximum atomic E-state index is 3.01. The average molecular weight is 217 g/mol. The van der Waals surface area contributed by atoms with Crippen molar-refractivity contribution in [3.63, 3.8) is 0 Å². The van der Waals surface area contributed by atoms with Crippen molar-refractivity contribution in [1.29, 1.82) is 0 Å². The van der Waals surface area contributed by atoms with E-state index < -0.39 is 0 Å². The first-order valence-electron chi connectivity index (χ1n) is 1.82. The Bertz CT molecular complexity index is 120. The van der Waals surface area contributed by atoms with Gasteiger partial charge < -0.3 is 28.3 Å². The molecular weight excluding hydrogens is 212 g/mol. The van der Waals surface area contributed by atoms with Crippen LogP contribution in [-0.2, 0) is 0 Å². The van der Waals surface area contributed by atoms with Gasteiger partial charge in [0.05, 0.1) is 0 Å². The largest absolute Gasteiger partial charge is 2.00 e. The van der Waals surface area contributed by atoms with Crippen molar-refractivity contribution < 1.29 is 17.0 Å². The monoisotopic (exact) mass is 216 g/mol. The molecule has 1 rings (SSSR count). The van der Waals surface area contributed by atoms with Gasteiger partial charge in [-0.1, -0.05) is 0 Å². The molecule has 4 heteroatoms. The van der Waals surface area contributed by atoms with Crippen molar-refractivity contribution in [2.45, 2.75) is 0 Å². The van der Waals surface area contributed by atoms with Gasteiger partial charge in [-0.25, -0.2) is 6.07 Å². The van der Waals surface area contributed by atoms with Crippen molar-refractivity contribution >= 4 is 49.1 Å². The molecule has 0 nitrogen and oxygen atoms in total. The summed E-state index contributed by atoms with van der Waals surface area (Å²) in [6.45, 7) is 0. The third-order valence-corrected chi connectivity index (χ3v) is 2.26. The van der Waals surface area contributed by atoms with Crippen LogP contribution >= 0.6 is 11.3 Å². The summed E-state index contributed by atoms with van der Waals surface area (Å²) in [6.07, 6.45) is 0. The van der Waals surface area contributed by atoms with E-state index in [4.69, 9.17) is 0 Å². The molecule has 40 valence electrons. The van der Waals surface area contributed by atoms with Crippen molar-refractivity contribution in [2.24, 2.45) is 0 Å². The zero-order valence-corrected chi connectivity index (χ0v) is 10.5. The van der Waals surface area contributed by atoms with Crippen molar-refractivity contribution in [3.8, 4) is 0 Å². The van der Waals surface area contributed by atoms with Gasteiger partial charge in [0.1, 0.15) is 0 Å². The Morgan fingerprint density at radius 3 is 2.38 bits per heavy atom. The zero-order valence-electron chi connectivity index (χ0n) is 4.65. The van der Waals surface area contributed by atoms with E-state index in [-0.39, 0.29) is 40.0 Å². The Kier molecular flexibility index (Phi) is 9.35. The Balaban J connectivity index is 0. The second-order valence-corrected chi connectivity index (χ2v) is 4.05. The van der Waals surface area contributed by atoms with E-state index >= 15 is 0 Å². The SMILES string of the molecule is [Br-].[Mg+2].[SiH3]c1cc[c-]s1. The fourth-order valence-electron chi connectivity index (χ4n) is 0.312. The Hall–Kier alpha value is 1.16. The molecule has 0 aliphatic carbocycles. The predicted octanol–water partition coefficient (Wildman–Crippen LogP) is -3.84. The smallest absolute Gasteiger partial charge is 1.00 e. The molecule has 0 spiro atoms. The molecule has 0 saturated heterocycles. The van der Waals surface area contributed by atoms with Gasteiger partial charge in [0.2, 0.25) is 0 Å². The van der Waals surface area contributed by atoms with E-state index in [1.54, 1.807) is 11.3 Å². The number of halogens is 1. The van der Waals surface area contributed by atoms with E-state index in [9.17, 15) is 0 Å². The van der Waals surface area contributed by atoms with Gasteiger partial charge in [0.15, 0.2) is 0 Å². The predicted molar refractivity (Wildman–Crippen MR) is 38.5 cm³/mol. The maximum Gasteiger partial charge on any atom is 2.00 e. The number of hydrogen-bond donors (Lipinski definition) is 0. The topological polar surface area (TPSA) is 0 Å². The number of rotatable bonds is 0. The fraction of sp³-hybridized carbons (Fsp3) is 0. The van der Waals surface area contributed by atoms with Crippen LogP contribution in [0.25, 0.3) is 0 Å². The van der Waals surface area contributed by atoms with E-state index in [0.717, 1.165) is 0 Å². The molecule has 0 fully saturated rings. The summed E-state index contributed by atoms with van der Waals surface area (Å²) in [7, 11) is 1.18. The molecule has 1 aromatic heterocycles. The van der Waals surface area contributed by atoms with Crippen LogP contribution in [0.1, 0.15) is 0 Å². The summed E-state index contributed by atoms with van der Waals surface area (Å²) >= 11 is 1.71.